The molecule has 3 N–H and O–H groups in total. The van der Waals surface area contributed by atoms with Gasteiger partial charge in [-0.1, -0.05) is 12.1 Å². The second-order valence-electron chi connectivity index (χ2n) is 5.16. The van der Waals surface area contributed by atoms with Gasteiger partial charge in [0.2, 0.25) is 0 Å². The van der Waals surface area contributed by atoms with E-state index in [4.69, 9.17) is 0 Å². The SMILES string of the molecule is O=C(NCC1CNCC1O)c1ccccc1-n1cccn1. The molecule has 2 aromatic rings. The smallest absolute Gasteiger partial charge is 0.253 e. The molecule has 1 aromatic carbocycles. The molecule has 1 saturated heterocycles. The van der Waals surface area contributed by atoms with E-state index < -0.39 is 6.10 Å². The van der Waals surface area contributed by atoms with Crippen molar-refractivity contribution in [1.29, 1.82) is 0 Å². The summed E-state index contributed by atoms with van der Waals surface area (Å²) in [6.45, 7) is 1.77. The Labute approximate surface area is 122 Å². The molecule has 1 amide bonds. The fraction of sp³-hybridized carbons (Fsp3) is 0.333. The molecule has 2 unspecified atom stereocenters. The minimum absolute atomic E-state index is 0.0609. The highest BCUT2D eigenvalue weighted by Crippen LogP contribution is 2.14. The number of β-amino-alcohol motifs (C(OH)–C–C–N with tert-alkyl or cyclic N) is 1. The van der Waals surface area contributed by atoms with Crippen molar-refractivity contribution in [3.8, 4) is 5.69 Å². The first-order chi connectivity index (χ1) is 10.3. The number of carbonyl (C=O) groups is 1. The number of aliphatic hydroxyl groups is 1. The summed E-state index contributed by atoms with van der Waals surface area (Å²) in [4.78, 5) is 12.4. The molecule has 0 aliphatic carbocycles. The van der Waals surface area contributed by atoms with Crippen molar-refractivity contribution in [2.45, 2.75) is 6.10 Å². The molecule has 0 bridgehead atoms. The lowest BCUT2D eigenvalue weighted by Gasteiger charge is -2.15. The Kier molecular flexibility index (Phi) is 3.98. The minimum atomic E-state index is -0.397. The minimum Gasteiger partial charge on any atom is -0.391 e. The molecule has 6 nitrogen and oxygen atoms in total. The predicted molar refractivity (Wildman–Crippen MR) is 78.3 cm³/mol. The monoisotopic (exact) mass is 286 g/mol. The second kappa shape index (κ2) is 6.07. The number of amides is 1. The molecule has 6 heteroatoms. The van der Waals surface area contributed by atoms with E-state index in [-0.39, 0.29) is 11.8 Å². The summed E-state index contributed by atoms with van der Waals surface area (Å²) < 4.78 is 1.67. The molecule has 1 aromatic heterocycles. The molecular weight excluding hydrogens is 268 g/mol. The summed E-state index contributed by atoms with van der Waals surface area (Å²) >= 11 is 0. The third-order valence-corrected chi connectivity index (χ3v) is 3.73. The van der Waals surface area contributed by atoms with E-state index in [0.717, 1.165) is 12.2 Å². The Morgan fingerprint density at radius 3 is 2.95 bits per heavy atom. The van der Waals surface area contributed by atoms with E-state index in [2.05, 4.69) is 15.7 Å². The van der Waals surface area contributed by atoms with Gasteiger partial charge in [-0.3, -0.25) is 4.79 Å². The number of nitrogens with one attached hydrogen (secondary N) is 2. The van der Waals surface area contributed by atoms with Gasteiger partial charge in [0.25, 0.3) is 5.91 Å². The molecule has 0 saturated carbocycles. The summed E-state index contributed by atoms with van der Waals surface area (Å²) in [6.07, 6.45) is 3.08. The van der Waals surface area contributed by atoms with Gasteiger partial charge < -0.3 is 15.7 Å². The van der Waals surface area contributed by atoms with Crippen LogP contribution in [-0.2, 0) is 0 Å². The average molecular weight is 286 g/mol. The van der Waals surface area contributed by atoms with Gasteiger partial charge in [-0.05, 0) is 18.2 Å². The third-order valence-electron chi connectivity index (χ3n) is 3.73. The van der Waals surface area contributed by atoms with Crippen LogP contribution < -0.4 is 10.6 Å². The highest BCUT2D eigenvalue weighted by atomic mass is 16.3. The maximum absolute atomic E-state index is 12.4. The van der Waals surface area contributed by atoms with E-state index in [9.17, 15) is 9.90 Å². The maximum Gasteiger partial charge on any atom is 0.253 e. The van der Waals surface area contributed by atoms with Crippen LogP contribution in [0.5, 0.6) is 0 Å². The molecule has 1 aliphatic heterocycles. The highest BCUT2D eigenvalue weighted by molar-refractivity contribution is 5.97. The predicted octanol–water partition coefficient (Wildman–Crippen LogP) is 0.182. The average Bonchev–Trinajstić information content (AvgIpc) is 3.16. The number of benzene rings is 1. The van der Waals surface area contributed by atoms with Crippen molar-refractivity contribution in [2.75, 3.05) is 19.6 Å². The van der Waals surface area contributed by atoms with Gasteiger partial charge in [0.15, 0.2) is 0 Å². The lowest BCUT2D eigenvalue weighted by molar-refractivity contribution is 0.0927. The van der Waals surface area contributed by atoms with Gasteiger partial charge in [0.1, 0.15) is 0 Å². The summed E-state index contributed by atoms with van der Waals surface area (Å²) in [7, 11) is 0. The largest absolute Gasteiger partial charge is 0.391 e. The second-order valence-corrected chi connectivity index (χ2v) is 5.16. The summed E-state index contributed by atoms with van der Waals surface area (Å²) in [5.74, 6) is -0.0917. The molecule has 110 valence electrons. The Morgan fingerprint density at radius 2 is 2.24 bits per heavy atom. The zero-order valence-electron chi connectivity index (χ0n) is 11.6. The highest BCUT2D eigenvalue weighted by Gasteiger charge is 2.25. The van der Waals surface area contributed by atoms with Crippen molar-refractivity contribution in [3.63, 3.8) is 0 Å². The van der Waals surface area contributed by atoms with Crippen LogP contribution in [0.25, 0.3) is 5.69 Å². The van der Waals surface area contributed by atoms with Crippen LogP contribution in [0.15, 0.2) is 42.7 Å². The van der Waals surface area contributed by atoms with Gasteiger partial charge in [-0.2, -0.15) is 5.10 Å². The molecule has 21 heavy (non-hydrogen) atoms. The van der Waals surface area contributed by atoms with Crippen LogP contribution >= 0.6 is 0 Å². The van der Waals surface area contributed by atoms with Crippen molar-refractivity contribution in [3.05, 3.63) is 48.3 Å². The van der Waals surface area contributed by atoms with Crippen LogP contribution in [-0.4, -0.2) is 46.5 Å². The first-order valence-electron chi connectivity index (χ1n) is 7.02. The summed E-state index contributed by atoms with van der Waals surface area (Å²) in [5.41, 5.74) is 1.31. The molecular formula is C15H18N4O2. The molecule has 2 atom stereocenters. The van der Waals surface area contributed by atoms with Crippen LogP contribution in [0.3, 0.4) is 0 Å². The van der Waals surface area contributed by atoms with E-state index in [0.29, 0.717) is 18.7 Å². The fourth-order valence-electron chi connectivity index (χ4n) is 2.52. The van der Waals surface area contributed by atoms with Crippen LogP contribution in [0.4, 0.5) is 0 Å². The third kappa shape index (κ3) is 2.96. The number of aliphatic hydroxyl groups excluding tert-OH is 1. The van der Waals surface area contributed by atoms with E-state index in [1.54, 1.807) is 23.1 Å². The molecule has 0 spiro atoms. The van der Waals surface area contributed by atoms with Crippen LogP contribution in [0, 0.1) is 5.92 Å². The first kappa shape index (κ1) is 13.8. The zero-order valence-corrected chi connectivity index (χ0v) is 11.6. The first-order valence-corrected chi connectivity index (χ1v) is 7.02. The lowest BCUT2D eigenvalue weighted by Crippen LogP contribution is -2.34. The van der Waals surface area contributed by atoms with Crippen molar-refractivity contribution >= 4 is 5.91 Å². The zero-order chi connectivity index (χ0) is 14.7. The normalized spacial score (nSPS) is 21.4. The van der Waals surface area contributed by atoms with E-state index >= 15 is 0 Å². The number of nitrogens with zero attached hydrogens (tertiary/aromatic N) is 2. The van der Waals surface area contributed by atoms with Gasteiger partial charge in [-0.25, -0.2) is 4.68 Å². The molecule has 2 heterocycles. The van der Waals surface area contributed by atoms with Crippen molar-refractivity contribution in [1.82, 2.24) is 20.4 Å². The molecule has 1 fully saturated rings. The van der Waals surface area contributed by atoms with E-state index in [1.807, 2.05) is 24.3 Å². The molecule has 0 radical (unpaired) electrons. The topological polar surface area (TPSA) is 79.2 Å². The summed E-state index contributed by atoms with van der Waals surface area (Å²) in [5, 5.41) is 19.9. The van der Waals surface area contributed by atoms with Crippen molar-refractivity contribution in [2.24, 2.45) is 5.92 Å². The molecule has 1 aliphatic rings. The number of aromatic nitrogens is 2. The Hall–Kier alpha value is -2.18. The van der Waals surface area contributed by atoms with Gasteiger partial charge in [-0.15, -0.1) is 0 Å². The maximum atomic E-state index is 12.4. The quantitative estimate of drug-likeness (QED) is 0.749. The number of hydrogen-bond acceptors (Lipinski definition) is 4. The fourth-order valence-corrected chi connectivity index (χ4v) is 2.52. The number of hydrogen-bond donors (Lipinski definition) is 3. The van der Waals surface area contributed by atoms with E-state index in [1.165, 1.54) is 0 Å². The number of para-hydroxylation sites is 1. The van der Waals surface area contributed by atoms with Crippen molar-refractivity contribution < 1.29 is 9.90 Å². The Balaban J connectivity index is 1.73. The Bertz CT molecular complexity index is 612. The number of rotatable bonds is 4. The van der Waals surface area contributed by atoms with Crippen LogP contribution in [0.2, 0.25) is 0 Å². The van der Waals surface area contributed by atoms with Gasteiger partial charge >= 0.3 is 0 Å². The van der Waals surface area contributed by atoms with Gasteiger partial charge in [0, 0.05) is 37.9 Å². The van der Waals surface area contributed by atoms with Crippen LogP contribution in [0.1, 0.15) is 10.4 Å². The lowest BCUT2D eigenvalue weighted by atomic mass is 10.1. The van der Waals surface area contributed by atoms with Gasteiger partial charge in [0.05, 0.1) is 17.4 Å². The number of carbonyl (C=O) groups excluding carboxylic acids is 1. The Morgan fingerprint density at radius 1 is 1.38 bits per heavy atom. The standard InChI is InChI=1S/C15H18N4O2/c20-14-10-16-8-11(14)9-17-15(21)12-4-1-2-5-13(12)19-7-3-6-18-19/h1-7,11,14,16,20H,8-10H2,(H,17,21). The summed E-state index contributed by atoms with van der Waals surface area (Å²) in [6, 6.07) is 9.14. The molecule has 3 rings (SSSR count).